The molecule has 0 radical (unpaired) electrons. The van der Waals surface area contributed by atoms with Crippen molar-refractivity contribution >= 4 is 17.5 Å². The van der Waals surface area contributed by atoms with E-state index in [1.807, 2.05) is 81.4 Å². The quantitative estimate of drug-likeness (QED) is 0.690. The van der Waals surface area contributed by atoms with Gasteiger partial charge in [0.25, 0.3) is 5.91 Å². The predicted octanol–water partition coefficient (Wildman–Crippen LogP) is 4.80. The van der Waals surface area contributed by atoms with Gasteiger partial charge in [0, 0.05) is 16.8 Å². The maximum absolute atomic E-state index is 13.6. The van der Waals surface area contributed by atoms with Crippen molar-refractivity contribution in [2.24, 2.45) is 0 Å². The highest BCUT2D eigenvalue weighted by Gasteiger charge is 2.34. The molecule has 0 aliphatic carbocycles. The van der Waals surface area contributed by atoms with Crippen LogP contribution in [0.15, 0.2) is 66.7 Å². The maximum Gasteiger partial charge on any atom is 0.255 e. The summed E-state index contributed by atoms with van der Waals surface area (Å²) in [7, 11) is 0. The van der Waals surface area contributed by atoms with E-state index >= 15 is 0 Å². The molecule has 29 heavy (non-hydrogen) atoms. The second-order valence-electron chi connectivity index (χ2n) is 7.68. The number of hydrogen-bond acceptors (Lipinski definition) is 2. The van der Waals surface area contributed by atoms with Crippen LogP contribution >= 0.6 is 0 Å². The molecule has 1 aliphatic rings. The Morgan fingerprint density at radius 3 is 2.41 bits per heavy atom. The molecule has 3 aromatic carbocycles. The fourth-order valence-corrected chi connectivity index (χ4v) is 3.85. The summed E-state index contributed by atoms with van der Waals surface area (Å²) in [6, 6.07) is 21.2. The van der Waals surface area contributed by atoms with Gasteiger partial charge in [-0.05, 0) is 55.7 Å². The van der Waals surface area contributed by atoms with E-state index in [0.29, 0.717) is 5.56 Å². The van der Waals surface area contributed by atoms with Crippen LogP contribution in [0.25, 0.3) is 0 Å². The minimum Gasteiger partial charge on any atom is -0.324 e. The van der Waals surface area contributed by atoms with Crippen molar-refractivity contribution in [3.63, 3.8) is 0 Å². The van der Waals surface area contributed by atoms with Gasteiger partial charge in [-0.2, -0.15) is 0 Å². The molecule has 0 aromatic heterocycles. The Kier molecular flexibility index (Phi) is 4.93. The number of benzene rings is 3. The highest BCUT2D eigenvalue weighted by molar-refractivity contribution is 6.01. The van der Waals surface area contributed by atoms with Crippen molar-refractivity contribution in [2.75, 3.05) is 11.9 Å². The molecule has 1 aliphatic heterocycles. The highest BCUT2D eigenvalue weighted by Crippen LogP contribution is 2.37. The second-order valence-corrected chi connectivity index (χ2v) is 7.68. The van der Waals surface area contributed by atoms with E-state index in [-0.39, 0.29) is 24.4 Å². The molecule has 4 nitrogen and oxygen atoms in total. The molecule has 0 saturated carbocycles. The summed E-state index contributed by atoms with van der Waals surface area (Å²) in [5, 5.41) is 2.97. The number of nitrogens with one attached hydrogen (secondary N) is 1. The Labute approximate surface area is 171 Å². The van der Waals surface area contributed by atoms with Crippen LogP contribution in [-0.4, -0.2) is 23.3 Å². The number of rotatable bonds is 2. The zero-order valence-electron chi connectivity index (χ0n) is 16.9. The standard InChI is InChI=1S/C25H24N2O2/c1-16-9-12-22-21(13-16)24(19-7-5-4-6-8-19)27(15-23(28)26-22)25(29)20-11-10-17(2)18(3)14-20/h4-14,24H,15H2,1-3H3,(H,26,28)/t24-/m1/s1. The number of aryl methyl sites for hydroxylation is 3. The van der Waals surface area contributed by atoms with E-state index in [9.17, 15) is 9.59 Å². The first-order valence-electron chi connectivity index (χ1n) is 9.77. The van der Waals surface area contributed by atoms with Gasteiger partial charge in [-0.3, -0.25) is 9.59 Å². The molecule has 1 heterocycles. The third-order valence-corrected chi connectivity index (χ3v) is 5.53. The third-order valence-electron chi connectivity index (χ3n) is 5.53. The number of fused-ring (bicyclic) bond motifs is 1. The average molecular weight is 384 g/mol. The van der Waals surface area contributed by atoms with Crippen LogP contribution < -0.4 is 5.32 Å². The molecule has 0 fully saturated rings. The fourth-order valence-electron chi connectivity index (χ4n) is 3.85. The Bertz CT molecular complexity index is 1090. The van der Waals surface area contributed by atoms with Gasteiger partial charge in [-0.1, -0.05) is 54.1 Å². The molecule has 3 aromatic rings. The van der Waals surface area contributed by atoms with Gasteiger partial charge in [0.1, 0.15) is 6.54 Å². The van der Waals surface area contributed by atoms with Crippen molar-refractivity contribution in [2.45, 2.75) is 26.8 Å². The number of carbonyl (C=O) groups is 2. The first kappa shape index (κ1) is 18.9. The third kappa shape index (κ3) is 3.66. The van der Waals surface area contributed by atoms with Crippen LogP contribution in [0.1, 0.15) is 44.2 Å². The molecule has 1 N–H and O–H groups in total. The highest BCUT2D eigenvalue weighted by atomic mass is 16.2. The summed E-state index contributed by atoms with van der Waals surface area (Å²) in [4.78, 5) is 27.9. The van der Waals surface area contributed by atoms with Gasteiger partial charge in [0.2, 0.25) is 5.91 Å². The maximum atomic E-state index is 13.6. The summed E-state index contributed by atoms with van der Waals surface area (Å²) in [6.07, 6.45) is 0. The van der Waals surface area contributed by atoms with Crippen LogP contribution in [0.4, 0.5) is 5.69 Å². The fraction of sp³-hybridized carbons (Fsp3) is 0.200. The Morgan fingerprint density at radius 1 is 0.931 bits per heavy atom. The van der Waals surface area contributed by atoms with Crippen LogP contribution in [0.3, 0.4) is 0 Å². The number of hydrogen-bond donors (Lipinski definition) is 1. The van der Waals surface area contributed by atoms with E-state index in [1.165, 1.54) is 0 Å². The number of anilines is 1. The monoisotopic (exact) mass is 384 g/mol. The van der Waals surface area contributed by atoms with Crippen LogP contribution in [-0.2, 0) is 4.79 Å². The van der Waals surface area contributed by atoms with Crippen molar-refractivity contribution in [3.8, 4) is 0 Å². The summed E-state index contributed by atoms with van der Waals surface area (Å²) >= 11 is 0. The lowest BCUT2D eigenvalue weighted by atomic mass is 9.94. The van der Waals surface area contributed by atoms with Crippen molar-refractivity contribution in [3.05, 3.63) is 100 Å². The van der Waals surface area contributed by atoms with Gasteiger partial charge < -0.3 is 10.2 Å². The van der Waals surface area contributed by atoms with Crippen LogP contribution in [0, 0.1) is 20.8 Å². The molecule has 0 bridgehead atoms. The number of carbonyl (C=O) groups excluding carboxylic acids is 2. The molecule has 4 heteroatoms. The minimum absolute atomic E-state index is 0.000946. The lowest BCUT2D eigenvalue weighted by Gasteiger charge is -2.31. The SMILES string of the molecule is Cc1ccc2c(c1)[C@@H](c1ccccc1)N(C(=O)c1ccc(C)c(C)c1)CC(=O)N2. The van der Waals surface area contributed by atoms with Gasteiger partial charge >= 0.3 is 0 Å². The normalized spacial score (nSPS) is 16.0. The van der Waals surface area contributed by atoms with Crippen LogP contribution in [0.2, 0.25) is 0 Å². The summed E-state index contributed by atoms with van der Waals surface area (Å²) < 4.78 is 0. The zero-order valence-corrected chi connectivity index (χ0v) is 16.9. The Morgan fingerprint density at radius 2 is 1.69 bits per heavy atom. The number of nitrogens with zero attached hydrogens (tertiary/aromatic N) is 1. The smallest absolute Gasteiger partial charge is 0.255 e. The molecule has 0 saturated heterocycles. The van der Waals surface area contributed by atoms with Crippen LogP contribution in [0.5, 0.6) is 0 Å². The molecule has 2 amide bonds. The summed E-state index contributed by atoms with van der Waals surface area (Å²) in [6.45, 7) is 6.03. The van der Waals surface area contributed by atoms with Gasteiger partial charge in [-0.15, -0.1) is 0 Å². The molecular formula is C25H24N2O2. The molecule has 4 rings (SSSR count). The Hall–Kier alpha value is -3.40. The predicted molar refractivity (Wildman–Crippen MR) is 115 cm³/mol. The number of amides is 2. The first-order chi connectivity index (χ1) is 13.9. The molecular weight excluding hydrogens is 360 g/mol. The molecule has 0 spiro atoms. The lowest BCUT2D eigenvalue weighted by Crippen LogP contribution is -2.39. The zero-order chi connectivity index (χ0) is 20.5. The van der Waals surface area contributed by atoms with Crippen molar-refractivity contribution in [1.29, 1.82) is 0 Å². The molecule has 0 unspecified atom stereocenters. The summed E-state index contributed by atoms with van der Waals surface area (Å²) in [5.41, 5.74) is 6.54. The average Bonchev–Trinajstić information content (AvgIpc) is 2.85. The Balaban J connectivity index is 1.88. The van der Waals surface area contributed by atoms with E-state index in [1.54, 1.807) is 4.90 Å². The minimum atomic E-state index is -0.348. The van der Waals surface area contributed by atoms with Gasteiger partial charge in [0.15, 0.2) is 0 Å². The van der Waals surface area contributed by atoms with E-state index < -0.39 is 0 Å². The molecule has 146 valence electrons. The van der Waals surface area contributed by atoms with Gasteiger partial charge in [0.05, 0.1) is 6.04 Å². The molecule has 1 atom stereocenters. The summed E-state index contributed by atoms with van der Waals surface area (Å²) in [5.74, 6) is -0.336. The van der Waals surface area contributed by atoms with E-state index in [0.717, 1.165) is 33.5 Å². The lowest BCUT2D eigenvalue weighted by molar-refractivity contribution is -0.117. The van der Waals surface area contributed by atoms with Gasteiger partial charge in [-0.25, -0.2) is 0 Å². The second kappa shape index (κ2) is 7.55. The largest absolute Gasteiger partial charge is 0.324 e. The topological polar surface area (TPSA) is 49.4 Å². The first-order valence-corrected chi connectivity index (χ1v) is 9.77. The van der Waals surface area contributed by atoms with E-state index in [4.69, 9.17) is 0 Å². The van der Waals surface area contributed by atoms with Crippen molar-refractivity contribution < 1.29 is 9.59 Å². The van der Waals surface area contributed by atoms with E-state index in [2.05, 4.69) is 11.4 Å². The van der Waals surface area contributed by atoms with Crippen molar-refractivity contribution in [1.82, 2.24) is 4.90 Å².